The van der Waals surface area contributed by atoms with Gasteiger partial charge >= 0.3 is 0 Å². The Balaban J connectivity index is 1.43. The third kappa shape index (κ3) is 4.13. The summed E-state index contributed by atoms with van der Waals surface area (Å²) in [7, 11) is 0. The summed E-state index contributed by atoms with van der Waals surface area (Å²) in [4.78, 5) is 20.3. The van der Waals surface area contributed by atoms with Crippen LogP contribution in [0.2, 0.25) is 15.1 Å². The van der Waals surface area contributed by atoms with E-state index in [1.54, 1.807) is 35.1 Å². The summed E-state index contributed by atoms with van der Waals surface area (Å²) in [5.74, 6) is 0.0939. The summed E-state index contributed by atoms with van der Waals surface area (Å²) < 4.78 is 1.77. The number of fused-ring (bicyclic) bond motifs is 1. The van der Waals surface area contributed by atoms with E-state index in [-0.39, 0.29) is 5.91 Å². The second-order valence-electron chi connectivity index (χ2n) is 8.85. The van der Waals surface area contributed by atoms with Gasteiger partial charge in [-0.25, -0.2) is 9.67 Å². The van der Waals surface area contributed by atoms with Crippen molar-refractivity contribution in [2.45, 2.75) is 31.4 Å². The number of benzene rings is 2. The predicted octanol–water partition coefficient (Wildman–Crippen LogP) is 5.67. The van der Waals surface area contributed by atoms with Crippen molar-refractivity contribution in [3.8, 4) is 0 Å². The molecule has 2 unspecified atom stereocenters. The molecule has 6 nitrogen and oxygen atoms in total. The third-order valence-electron chi connectivity index (χ3n) is 6.80. The second kappa shape index (κ2) is 9.00. The maximum Gasteiger partial charge on any atom is 0.233 e. The molecule has 1 saturated heterocycles. The first-order valence-corrected chi connectivity index (χ1v) is 12.2. The van der Waals surface area contributed by atoms with Crippen molar-refractivity contribution >= 4 is 52.2 Å². The molecular formula is C25H23Cl3N4O2. The molecule has 34 heavy (non-hydrogen) atoms. The van der Waals surface area contributed by atoms with E-state index in [4.69, 9.17) is 34.8 Å². The predicted molar refractivity (Wildman–Crippen MR) is 134 cm³/mol. The number of piperidine rings is 1. The Morgan fingerprint density at radius 3 is 2.41 bits per heavy atom. The zero-order chi connectivity index (χ0) is 24.0. The van der Waals surface area contributed by atoms with Gasteiger partial charge in [0.2, 0.25) is 5.91 Å². The van der Waals surface area contributed by atoms with Gasteiger partial charge in [-0.1, -0.05) is 53.0 Å². The first-order chi connectivity index (χ1) is 16.3. The van der Waals surface area contributed by atoms with E-state index in [0.29, 0.717) is 52.5 Å². The number of amides is 1. The molecule has 2 aliphatic rings. The highest BCUT2D eigenvalue weighted by atomic mass is 35.5. The van der Waals surface area contributed by atoms with Crippen molar-refractivity contribution in [1.29, 1.82) is 0 Å². The van der Waals surface area contributed by atoms with E-state index in [1.807, 2.05) is 36.1 Å². The Bertz CT molecular complexity index is 1260. The maximum atomic E-state index is 13.9. The van der Waals surface area contributed by atoms with Crippen LogP contribution in [0.4, 0.5) is 5.82 Å². The average Bonchev–Trinajstić information content (AvgIpc) is 3.28. The van der Waals surface area contributed by atoms with Crippen LogP contribution in [-0.2, 0) is 10.4 Å². The van der Waals surface area contributed by atoms with Gasteiger partial charge in [0.05, 0.1) is 27.9 Å². The standard InChI is InChI=1S/C25H23Cl3N4O2/c1-15-22(23(32-21(30-15)8-11-29-32)16-2-7-19(27)20(28)14-16)24(33)31-12-9-25(34,10-13-31)17-3-5-18(26)6-4-17/h2-8,11,14,22-23,34H,9-10,12-13H2,1H3. The first kappa shape index (κ1) is 23.4. The number of rotatable bonds is 3. The molecule has 0 saturated carbocycles. The number of nitrogens with zero attached hydrogens (tertiary/aromatic N) is 4. The van der Waals surface area contributed by atoms with Crippen molar-refractivity contribution in [1.82, 2.24) is 14.7 Å². The van der Waals surface area contributed by atoms with E-state index < -0.39 is 17.6 Å². The normalized spacial score (nSPS) is 21.7. The lowest BCUT2D eigenvalue weighted by molar-refractivity contribution is -0.139. The van der Waals surface area contributed by atoms with Crippen LogP contribution in [0, 0.1) is 5.92 Å². The summed E-state index contributed by atoms with van der Waals surface area (Å²) in [5, 5.41) is 17.2. The minimum Gasteiger partial charge on any atom is -0.385 e. The first-order valence-electron chi connectivity index (χ1n) is 11.1. The van der Waals surface area contributed by atoms with Crippen molar-refractivity contribution in [2.75, 3.05) is 13.1 Å². The van der Waals surface area contributed by atoms with Crippen LogP contribution in [0.5, 0.6) is 0 Å². The van der Waals surface area contributed by atoms with Crippen LogP contribution in [-0.4, -0.2) is 44.5 Å². The number of carbonyl (C=O) groups excluding carboxylic acids is 1. The van der Waals surface area contributed by atoms with Gasteiger partial charge in [0.15, 0.2) is 5.82 Å². The van der Waals surface area contributed by atoms with E-state index in [0.717, 1.165) is 11.1 Å². The highest BCUT2D eigenvalue weighted by Crippen LogP contribution is 2.40. The van der Waals surface area contributed by atoms with Gasteiger partial charge in [-0.15, -0.1) is 0 Å². The van der Waals surface area contributed by atoms with Gasteiger partial charge in [0.25, 0.3) is 0 Å². The molecule has 9 heteroatoms. The number of aromatic nitrogens is 2. The Labute approximate surface area is 212 Å². The zero-order valence-electron chi connectivity index (χ0n) is 18.5. The minimum absolute atomic E-state index is 0.0448. The van der Waals surface area contributed by atoms with Gasteiger partial charge < -0.3 is 10.0 Å². The van der Waals surface area contributed by atoms with Crippen LogP contribution < -0.4 is 0 Å². The number of hydrogen-bond acceptors (Lipinski definition) is 4. The van der Waals surface area contributed by atoms with Gasteiger partial charge in [-0.05, 0) is 55.2 Å². The van der Waals surface area contributed by atoms with Gasteiger partial charge in [0.1, 0.15) is 5.92 Å². The molecular weight excluding hydrogens is 495 g/mol. The smallest absolute Gasteiger partial charge is 0.233 e. The number of hydrogen-bond donors (Lipinski definition) is 1. The molecule has 2 aliphatic heterocycles. The molecule has 1 N–H and O–H groups in total. The molecule has 2 aromatic carbocycles. The Kier molecular flexibility index (Phi) is 6.19. The Hall–Kier alpha value is -2.38. The van der Waals surface area contributed by atoms with Crippen LogP contribution in [0.3, 0.4) is 0 Å². The van der Waals surface area contributed by atoms with Gasteiger partial charge in [0, 0.05) is 29.9 Å². The molecule has 3 heterocycles. The molecule has 1 amide bonds. The largest absolute Gasteiger partial charge is 0.385 e. The van der Waals surface area contributed by atoms with Crippen LogP contribution in [0.25, 0.3) is 0 Å². The van der Waals surface area contributed by atoms with E-state index >= 15 is 0 Å². The average molecular weight is 518 g/mol. The minimum atomic E-state index is -0.991. The molecule has 0 bridgehead atoms. The second-order valence-corrected chi connectivity index (χ2v) is 10.1. The highest BCUT2D eigenvalue weighted by molar-refractivity contribution is 6.42. The summed E-state index contributed by atoms with van der Waals surface area (Å²) >= 11 is 18.5. The summed E-state index contributed by atoms with van der Waals surface area (Å²) in [6.07, 6.45) is 2.55. The van der Waals surface area contributed by atoms with E-state index in [2.05, 4.69) is 10.1 Å². The number of carbonyl (C=O) groups is 1. The molecule has 2 atom stereocenters. The fourth-order valence-corrected chi connectivity index (χ4v) is 5.35. The van der Waals surface area contributed by atoms with Crippen LogP contribution in [0.1, 0.15) is 36.9 Å². The molecule has 176 valence electrons. The van der Waals surface area contributed by atoms with Crippen LogP contribution in [0.15, 0.2) is 59.7 Å². The SMILES string of the molecule is CC1=Nc2ccnn2C(c2ccc(Cl)c(Cl)c2)C1C(=O)N1CCC(O)(c2ccc(Cl)cc2)CC1. The lowest BCUT2D eigenvalue weighted by Gasteiger charge is -2.41. The fourth-order valence-electron chi connectivity index (χ4n) is 4.92. The highest BCUT2D eigenvalue weighted by Gasteiger charge is 2.43. The van der Waals surface area contributed by atoms with Crippen molar-refractivity contribution in [2.24, 2.45) is 10.9 Å². The zero-order valence-corrected chi connectivity index (χ0v) is 20.7. The van der Waals surface area contributed by atoms with Crippen LogP contribution >= 0.6 is 34.8 Å². The van der Waals surface area contributed by atoms with Crippen molar-refractivity contribution in [3.05, 3.63) is 80.9 Å². The van der Waals surface area contributed by atoms with Crippen molar-refractivity contribution < 1.29 is 9.90 Å². The fraction of sp³-hybridized carbons (Fsp3) is 0.320. The van der Waals surface area contributed by atoms with E-state index in [1.165, 1.54) is 0 Å². The lowest BCUT2D eigenvalue weighted by Crippen LogP contribution is -2.50. The molecule has 0 spiro atoms. The van der Waals surface area contributed by atoms with Gasteiger partial charge in [-0.2, -0.15) is 5.10 Å². The number of halogens is 3. The molecule has 3 aromatic rings. The van der Waals surface area contributed by atoms with E-state index in [9.17, 15) is 9.90 Å². The molecule has 5 rings (SSSR count). The summed E-state index contributed by atoms with van der Waals surface area (Å²) in [6.45, 7) is 2.74. The quantitative estimate of drug-likeness (QED) is 0.487. The summed E-state index contributed by atoms with van der Waals surface area (Å²) in [6, 6.07) is 14.1. The molecule has 1 fully saturated rings. The lowest BCUT2D eigenvalue weighted by atomic mass is 9.82. The Morgan fingerprint density at radius 2 is 1.74 bits per heavy atom. The molecule has 0 aliphatic carbocycles. The number of aliphatic imine (C=N–C) groups is 1. The molecule has 1 aromatic heterocycles. The number of aliphatic hydroxyl groups is 1. The van der Waals surface area contributed by atoms with Crippen molar-refractivity contribution in [3.63, 3.8) is 0 Å². The Morgan fingerprint density at radius 1 is 1.03 bits per heavy atom. The maximum absolute atomic E-state index is 13.9. The van der Waals surface area contributed by atoms with Gasteiger partial charge in [-0.3, -0.25) is 4.79 Å². The summed E-state index contributed by atoms with van der Waals surface area (Å²) in [5.41, 5.74) is 1.37. The topological polar surface area (TPSA) is 70.7 Å². The molecule has 0 radical (unpaired) electrons. The third-order valence-corrected chi connectivity index (χ3v) is 7.80. The number of likely N-dealkylation sites (tertiary alicyclic amines) is 1. The monoisotopic (exact) mass is 516 g/mol.